The standard InChI is InChI=1S/C27H38FN5O5/c1-6-36-25(37-16-8-7-14-32-26(34)38-27(2,3)4)13-15-33(24(31)12-10-21(30)18-29)19-20-9-11-23(35-5)22(28)17-20/h9-12,17,25H,6,13-16,19,30-31H2,1-5H3,(H,32,34)/b21-10-,24-12+. The highest BCUT2D eigenvalue weighted by molar-refractivity contribution is 5.68. The van der Waals surface area contributed by atoms with Crippen molar-refractivity contribution in [2.75, 3.05) is 33.4 Å². The lowest BCUT2D eigenvalue weighted by molar-refractivity contribution is -0.135. The molecule has 1 rings (SSSR count). The Bertz CT molecular complexity index is 1070. The number of hydrogen-bond donors (Lipinski definition) is 3. The van der Waals surface area contributed by atoms with Crippen LogP contribution in [0.1, 0.15) is 39.7 Å². The van der Waals surface area contributed by atoms with Gasteiger partial charge in [0.15, 0.2) is 17.9 Å². The summed E-state index contributed by atoms with van der Waals surface area (Å²) >= 11 is 0. The van der Waals surface area contributed by atoms with Gasteiger partial charge in [-0.3, -0.25) is 0 Å². The molecule has 0 fully saturated rings. The van der Waals surface area contributed by atoms with Gasteiger partial charge in [-0.25, -0.2) is 9.18 Å². The average Bonchev–Trinajstić information content (AvgIpc) is 2.85. The summed E-state index contributed by atoms with van der Waals surface area (Å²) in [5.41, 5.74) is 11.9. The van der Waals surface area contributed by atoms with Gasteiger partial charge in [0.05, 0.1) is 19.5 Å². The first-order valence-corrected chi connectivity index (χ1v) is 12.0. The molecule has 208 valence electrons. The summed E-state index contributed by atoms with van der Waals surface area (Å²) in [4.78, 5) is 13.4. The van der Waals surface area contributed by atoms with Crippen molar-refractivity contribution < 1.29 is 28.1 Å². The number of ether oxygens (including phenoxy) is 4. The third-order valence-electron chi connectivity index (χ3n) is 4.69. The fraction of sp³-hybridized carbons (Fsp3) is 0.481. The lowest BCUT2D eigenvalue weighted by Gasteiger charge is -2.27. The number of nitrogens with one attached hydrogen (secondary N) is 1. The van der Waals surface area contributed by atoms with Crippen molar-refractivity contribution in [3.8, 4) is 23.7 Å². The van der Waals surface area contributed by atoms with Crippen LogP contribution in [0.4, 0.5) is 9.18 Å². The van der Waals surface area contributed by atoms with E-state index in [1.807, 2.05) is 13.0 Å². The molecule has 0 bridgehead atoms. The number of allylic oxidation sites excluding steroid dienone is 3. The Balaban J connectivity index is 2.81. The normalized spacial score (nSPS) is 12.6. The number of carbonyl (C=O) groups is 1. The zero-order valence-electron chi connectivity index (χ0n) is 22.7. The van der Waals surface area contributed by atoms with E-state index in [4.69, 9.17) is 35.7 Å². The van der Waals surface area contributed by atoms with Crippen molar-refractivity contribution in [3.63, 3.8) is 0 Å². The van der Waals surface area contributed by atoms with E-state index in [9.17, 15) is 9.18 Å². The van der Waals surface area contributed by atoms with Gasteiger partial charge in [0.25, 0.3) is 0 Å². The van der Waals surface area contributed by atoms with Crippen molar-refractivity contribution in [2.45, 2.75) is 52.6 Å². The minimum Gasteiger partial charge on any atom is -0.494 e. The maximum Gasteiger partial charge on any atom is 0.408 e. The lowest BCUT2D eigenvalue weighted by Crippen LogP contribution is -2.32. The molecule has 1 atom stereocenters. The van der Waals surface area contributed by atoms with E-state index in [0.717, 1.165) is 0 Å². The van der Waals surface area contributed by atoms with Crippen molar-refractivity contribution in [3.05, 3.63) is 53.2 Å². The maximum absolute atomic E-state index is 14.2. The molecule has 0 aromatic heterocycles. The monoisotopic (exact) mass is 531 g/mol. The van der Waals surface area contributed by atoms with Crippen LogP contribution in [0.3, 0.4) is 0 Å². The molecule has 11 heteroatoms. The molecule has 1 amide bonds. The number of halogens is 1. The number of benzene rings is 1. The molecule has 0 heterocycles. The minimum absolute atomic E-state index is 0.00125. The SMILES string of the molecule is CCOC(CCN(Cc1ccc(OC)c(F)c1)/C(N)=C/C=C(\N)C#N)OCC#CCNC(=O)OC(C)(C)C. The number of methoxy groups -OCH3 is 1. The first kappa shape index (κ1) is 32.1. The van der Waals surface area contributed by atoms with Gasteiger partial charge in [0.2, 0.25) is 0 Å². The van der Waals surface area contributed by atoms with Crippen LogP contribution in [-0.2, 0) is 20.8 Å². The Kier molecular flexibility index (Phi) is 14.1. The average molecular weight is 532 g/mol. The van der Waals surface area contributed by atoms with E-state index >= 15 is 0 Å². The second kappa shape index (κ2) is 16.7. The predicted octanol–water partition coefficient (Wildman–Crippen LogP) is 3.10. The molecule has 38 heavy (non-hydrogen) atoms. The Labute approximate surface area is 224 Å². The first-order chi connectivity index (χ1) is 18.0. The van der Waals surface area contributed by atoms with Crippen molar-refractivity contribution in [1.29, 1.82) is 5.26 Å². The molecule has 0 aliphatic heterocycles. The molecule has 10 nitrogen and oxygen atoms in total. The highest BCUT2D eigenvalue weighted by atomic mass is 19.1. The quantitative estimate of drug-likeness (QED) is 0.151. The Morgan fingerprint density at radius 1 is 1.24 bits per heavy atom. The molecule has 5 N–H and O–H groups in total. The van der Waals surface area contributed by atoms with Gasteiger partial charge in [-0.2, -0.15) is 5.26 Å². The van der Waals surface area contributed by atoms with Crippen LogP contribution in [0.2, 0.25) is 0 Å². The van der Waals surface area contributed by atoms with E-state index in [2.05, 4.69) is 17.2 Å². The summed E-state index contributed by atoms with van der Waals surface area (Å²) in [5.74, 6) is 5.58. The summed E-state index contributed by atoms with van der Waals surface area (Å²) in [6.45, 7) is 8.44. The van der Waals surface area contributed by atoms with Gasteiger partial charge in [0.1, 0.15) is 24.0 Å². The van der Waals surface area contributed by atoms with Crippen LogP contribution in [0, 0.1) is 29.0 Å². The number of nitrogens with zero attached hydrogens (tertiary/aromatic N) is 2. The Morgan fingerprint density at radius 3 is 2.58 bits per heavy atom. The molecule has 0 aliphatic rings. The topological polar surface area (TPSA) is 145 Å². The highest BCUT2D eigenvalue weighted by Gasteiger charge is 2.16. The van der Waals surface area contributed by atoms with Crippen molar-refractivity contribution in [1.82, 2.24) is 10.2 Å². The van der Waals surface area contributed by atoms with Gasteiger partial charge < -0.3 is 40.6 Å². The van der Waals surface area contributed by atoms with Gasteiger partial charge >= 0.3 is 6.09 Å². The Hall–Kier alpha value is -3.93. The molecule has 1 unspecified atom stereocenters. The van der Waals surface area contributed by atoms with Crippen LogP contribution < -0.4 is 21.5 Å². The van der Waals surface area contributed by atoms with Crippen LogP contribution in [-0.4, -0.2) is 56.3 Å². The third-order valence-corrected chi connectivity index (χ3v) is 4.69. The van der Waals surface area contributed by atoms with E-state index in [1.165, 1.54) is 25.3 Å². The number of hydrogen-bond acceptors (Lipinski definition) is 9. The number of amides is 1. The summed E-state index contributed by atoms with van der Waals surface area (Å²) in [6, 6.07) is 6.47. The molecule has 0 saturated carbocycles. The molecule has 1 aromatic rings. The summed E-state index contributed by atoms with van der Waals surface area (Å²) in [6.07, 6.45) is 2.19. The molecular weight excluding hydrogens is 493 g/mol. The number of rotatable bonds is 13. The maximum atomic E-state index is 14.2. The van der Waals surface area contributed by atoms with E-state index in [-0.39, 0.29) is 31.1 Å². The molecule has 1 aromatic carbocycles. The van der Waals surface area contributed by atoms with Gasteiger partial charge in [-0.15, -0.1) is 0 Å². The molecule has 0 aliphatic carbocycles. The zero-order valence-corrected chi connectivity index (χ0v) is 22.7. The number of carbonyl (C=O) groups excluding carboxylic acids is 1. The second-order valence-corrected chi connectivity index (χ2v) is 8.91. The largest absolute Gasteiger partial charge is 0.494 e. The van der Waals surface area contributed by atoms with Crippen LogP contribution >= 0.6 is 0 Å². The Morgan fingerprint density at radius 2 is 1.97 bits per heavy atom. The molecule has 0 spiro atoms. The zero-order chi connectivity index (χ0) is 28.6. The summed E-state index contributed by atoms with van der Waals surface area (Å²) in [7, 11) is 1.40. The van der Waals surface area contributed by atoms with Crippen molar-refractivity contribution >= 4 is 6.09 Å². The number of nitrogens with two attached hydrogens (primary N) is 2. The smallest absolute Gasteiger partial charge is 0.408 e. The van der Waals surface area contributed by atoms with E-state index < -0.39 is 23.8 Å². The fourth-order valence-corrected chi connectivity index (χ4v) is 2.99. The summed E-state index contributed by atoms with van der Waals surface area (Å²) in [5, 5.41) is 11.4. The van der Waals surface area contributed by atoms with Crippen LogP contribution in [0.25, 0.3) is 0 Å². The molecule has 0 saturated heterocycles. The minimum atomic E-state index is -0.587. The van der Waals surface area contributed by atoms with E-state index in [1.54, 1.807) is 37.8 Å². The van der Waals surface area contributed by atoms with Crippen LogP contribution in [0.5, 0.6) is 5.75 Å². The third kappa shape index (κ3) is 13.4. The number of alkyl carbamates (subject to hydrolysis) is 1. The predicted molar refractivity (Wildman–Crippen MR) is 142 cm³/mol. The molecular formula is C27H38FN5O5. The highest BCUT2D eigenvalue weighted by Crippen LogP contribution is 2.20. The first-order valence-electron chi connectivity index (χ1n) is 12.0. The van der Waals surface area contributed by atoms with Crippen LogP contribution in [0.15, 0.2) is 41.9 Å². The lowest BCUT2D eigenvalue weighted by atomic mass is 10.2. The fourth-order valence-electron chi connectivity index (χ4n) is 2.99. The van der Waals surface area contributed by atoms with E-state index in [0.29, 0.717) is 31.0 Å². The van der Waals surface area contributed by atoms with Crippen molar-refractivity contribution in [2.24, 2.45) is 11.5 Å². The van der Waals surface area contributed by atoms with Gasteiger partial charge in [-0.05, 0) is 57.5 Å². The molecule has 0 radical (unpaired) electrons. The van der Waals surface area contributed by atoms with Gasteiger partial charge in [-0.1, -0.05) is 17.9 Å². The second-order valence-electron chi connectivity index (χ2n) is 8.91. The van der Waals surface area contributed by atoms with Gasteiger partial charge in [0, 0.05) is 26.1 Å². The summed E-state index contributed by atoms with van der Waals surface area (Å²) < 4.78 is 35.8. The number of nitriles is 1.